The number of para-hydroxylation sites is 1. The van der Waals surface area contributed by atoms with Gasteiger partial charge in [0.1, 0.15) is 0 Å². The minimum absolute atomic E-state index is 0.0351. The molecule has 0 aliphatic heterocycles. The highest BCUT2D eigenvalue weighted by molar-refractivity contribution is 6.04. The maximum atomic E-state index is 13.0. The van der Waals surface area contributed by atoms with Crippen LogP contribution < -0.4 is 10.6 Å². The number of hydrogen-bond acceptors (Lipinski definition) is 3. The third kappa shape index (κ3) is 4.18. The van der Waals surface area contributed by atoms with E-state index in [2.05, 4.69) is 15.6 Å². The van der Waals surface area contributed by atoms with E-state index in [1.807, 2.05) is 0 Å². The number of hydrogen-bond donors (Lipinski definition) is 2. The van der Waals surface area contributed by atoms with Crippen molar-refractivity contribution in [3.8, 4) is 0 Å². The largest absolute Gasteiger partial charge is 0.418 e. The molecule has 26 heavy (non-hydrogen) atoms. The van der Waals surface area contributed by atoms with Crippen LogP contribution in [0.4, 0.5) is 30.2 Å². The molecule has 3 aromatic rings. The molecule has 0 saturated carbocycles. The number of rotatable bonds is 4. The van der Waals surface area contributed by atoms with E-state index in [1.165, 1.54) is 24.4 Å². The number of amides is 1. The van der Waals surface area contributed by atoms with E-state index < -0.39 is 11.7 Å². The van der Waals surface area contributed by atoms with Crippen LogP contribution in [-0.2, 0) is 6.18 Å². The number of alkyl halides is 3. The Morgan fingerprint density at radius 2 is 1.58 bits per heavy atom. The first kappa shape index (κ1) is 17.5. The van der Waals surface area contributed by atoms with Crippen LogP contribution in [-0.4, -0.2) is 10.9 Å². The summed E-state index contributed by atoms with van der Waals surface area (Å²) in [5, 5.41) is 5.45. The highest BCUT2D eigenvalue weighted by Gasteiger charge is 2.33. The summed E-state index contributed by atoms with van der Waals surface area (Å²) in [6, 6.07) is 14.9. The molecular formula is C19H14F3N3O. The van der Waals surface area contributed by atoms with Crippen LogP contribution in [0, 0.1) is 0 Å². The van der Waals surface area contributed by atoms with Gasteiger partial charge in [0.25, 0.3) is 5.91 Å². The molecule has 0 atom stereocenters. The Kier molecular flexibility index (Phi) is 4.88. The van der Waals surface area contributed by atoms with Crippen LogP contribution >= 0.6 is 0 Å². The van der Waals surface area contributed by atoms with Crippen LogP contribution in [0.2, 0.25) is 0 Å². The van der Waals surface area contributed by atoms with Gasteiger partial charge in [-0.2, -0.15) is 13.2 Å². The van der Waals surface area contributed by atoms with Gasteiger partial charge in [0.15, 0.2) is 0 Å². The molecule has 7 heteroatoms. The number of halogens is 3. The molecule has 1 heterocycles. The van der Waals surface area contributed by atoms with Gasteiger partial charge in [0.2, 0.25) is 0 Å². The number of carbonyl (C=O) groups excluding carboxylic acids is 1. The summed E-state index contributed by atoms with van der Waals surface area (Å²) >= 11 is 0. The Bertz CT molecular complexity index is 894. The number of carbonyl (C=O) groups is 1. The van der Waals surface area contributed by atoms with Gasteiger partial charge in [-0.1, -0.05) is 12.1 Å². The fourth-order valence-electron chi connectivity index (χ4n) is 2.33. The van der Waals surface area contributed by atoms with Gasteiger partial charge >= 0.3 is 6.18 Å². The quantitative estimate of drug-likeness (QED) is 0.683. The van der Waals surface area contributed by atoms with Gasteiger partial charge in [-0.25, -0.2) is 0 Å². The van der Waals surface area contributed by atoms with Crippen molar-refractivity contribution in [2.45, 2.75) is 6.18 Å². The predicted molar refractivity (Wildman–Crippen MR) is 93.4 cm³/mol. The van der Waals surface area contributed by atoms with Crippen LogP contribution in [0.25, 0.3) is 0 Å². The second-order valence-corrected chi connectivity index (χ2v) is 5.44. The first-order valence-corrected chi connectivity index (χ1v) is 7.68. The molecule has 3 rings (SSSR count). The summed E-state index contributed by atoms with van der Waals surface area (Å²) in [6.07, 6.45) is -1.43. The highest BCUT2D eigenvalue weighted by atomic mass is 19.4. The predicted octanol–water partition coefficient (Wildman–Crippen LogP) is 5.10. The molecule has 0 fully saturated rings. The summed E-state index contributed by atoms with van der Waals surface area (Å²) in [5.41, 5.74) is 0.629. The molecule has 0 unspecified atom stereocenters. The van der Waals surface area contributed by atoms with Crippen molar-refractivity contribution in [1.29, 1.82) is 0 Å². The van der Waals surface area contributed by atoms with Crippen LogP contribution in [0.15, 0.2) is 73.1 Å². The first-order valence-electron chi connectivity index (χ1n) is 7.68. The number of nitrogens with one attached hydrogen (secondary N) is 2. The number of anilines is 3. The molecule has 4 nitrogen and oxygen atoms in total. The molecule has 1 aromatic heterocycles. The lowest BCUT2D eigenvalue weighted by Gasteiger charge is -2.14. The Labute approximate surface area is 147 Å². The van der Waals surface area contributed by atoms with Crippen molar-refractivity contribution in [3.05, 3.63) is 84.2 Å². The first-order chi connectivity index (χ1) is 12.4. The van der Waals surface area contributed by atoms with Crippen molar-refractivity contribution >= 4 is 23.0 Å². The van der Waals surface area contributed by atoms with E-state index in [-0.39, 0.29) is 11.6 Å². The van der Waals surface area contributed by atoms with E-state index in [0.29, 0.717) is 16.9 Å². The second kappa shape index (κ2) is 7.26. The second-order valence-electron chi connectivity index (χ2n) is 5.44. The van der Waals surface area contributed by atoms with Gasteiger partial charge in [-0.3, -0.25) is 9.78 Å². The third-order valence-corrected chi connectivity index (χ3v) is 3.58. The smallest absolute Gasteiger partial charge is 0.355 e. The molecule has 0 radical (unpaired) electrons. The molecule has 0 spiro atoms. The fourth-order valence-corrected chi connectivity index (χ4v) is 2.33. The summed E-state index contributed by atoms with van der Waals surface area (Å²) < 4.78 is 39.1. The minimum Gasteiger partial charge on any atom is -0.355 e. The zero-order valence-corrected chi connectivity index (χ0v) is 13.4. The Morgan fingerprint density at radius 3 is 2.23 bits per heavy atom. The van der Waals surface area contributed by atoms with E-state index >= 15 is 0 Å². The summed E-state index contributed by atoms with van der Waals surface area (Å²) in [5.74, 6) is -0.318. The number of pyridine rings is 1. The maximum Gasteiger partial charge on any atom is 0.418 e. The van der Waals surface area contributed by atoms with Crippen molar-refractivity contribution < 1.29 is 18.0 Å². The van der Waals surface area contributed by atoms with E-state index in [1.54, 1.807) is 42.6 Å². The Hall–Kier alpha value is -3.35. The lowest BCUT2D eigenvalue weighted by molar-refractivity contribution is -0.136. The number of benzene rings is 2. The molecule has 2 N–H and O–H groups in total. The van der Waals surface area contributed by atoms with Gasteiger partial charge in [0, 0.05) is 23.8 Å². The fraction of sp³-hybridized carbons (Fsp3) is 0.0526. The van der Waals surface area contributed by atoms with Gasteiger partial charge < -0.3 is 10.6 Å². The van der Waals surface area contributed by atoms with Gasteiger partial charge in [-0.05, 0) is 48.5 Å². The van der Waals surface area contributed by atoms with Crippen molar-refractivity contribution in [1.82, 2.24) is 4.98 Å². The standard InChI is InChI=1S/C19H14F3N3O/c20-19(21,22)16-5-1-2-6-17(16)24-14-7-9-15(10-8-14)25-18(26)13-4-3-11-23-12-13/h1-12,24H,(H,25,26). The average Bonchev–Trinajstić information content (AvgIpc) is 2.63. The lowest BCUT2D eigenvalue weighted by Crippen LogP contribution is -2.12. The van der Waals surface area contributed by atoms with Crippen molar-refractivity contribution in [2.75, 3.05) is 10.6 Å². The Balaban J connectivity index is 1.72. The van der Waals surface area contributed by atoms with Crippen LogP contribution in [0.1, 0.15) is 15.9 Å². The summed E-state index contributed by atoms with van der Waals surface area (Å²) in [6.45, 7) is 0. The van der Waals surface area contributed by atoms with E-state index in [0.717, 1.165) is 6.07 Å². The molecule has 0 aliphatic rings. The van der Waals surface area contributed by atoms with E-state index in [9.17, 15) is 18.0 Å². The van der Waals surface area contributed by atoms with Crippen molar-refractivity contribution in [2.24, 2.45) is 0 Å². The molecule has 0 bridgehead atoms. The van der Waals surface area contributed by atoms with Crippen LogP contribution in [0.5, 0.6) is 0 Å². The zero-order chi connectivity index (χ0) is 18.6. The topological polar surface area (TPSA) is 54.0 Å². The molecule has 0 saturated heterocycles. The molecular weight excluding hydrogens is 343 g/mol. The highest BCUT2D eigenvalue weighted by Crippen LogP contribution is 2.35. The lowest BCUT2D eigenvalue weighted by atomic mass is 10.1. The third-order valence-electron chi connectivity index (χ3n) is 3.58. The van der Waals surface area contributed by atoms with E-state index in [4.69, 9.17) is 0 Å². The Morgan fingerprint density at radius 1 is 0.885 bits per heavy atom. The average molecular weight is 357 g/mol. The maximum absolute atomic E-state index is 13.0. The summed E-state index contributed by atoms with van der Waals surface area (Å²) in [7, 11) is 0. The minimum atomic E-state index is -4.44. The molecule has 0 aliphatic carbocycles. The van der Waals surface area contributed by atoms with Gasteiger partial charge in [0.05, 0.1) is 16.8 Å². The normalized spacial score (nSPS) is 11.0. The molecule has 2 aromatic carbocycles. The monoisotopic (exact) mass is 357 g/mol. The van der Waals surface area contributed by atoms with Gasteiger partial charge in [-0.15, -0.1) is 0 Å². The SMILES string of the molecule is O=C(Nc1ccc(Nc2ccccc2C(F)(F)F)cc1)c1cccnc1. The number of nitrogens with zero attached hydrogens (tertiary/aromatic N) is 1. The molecule has 1 amide bonds. The van der Waals surface area contributed by atoms with Crippen molar-refractivity contribution in [3.63, 3.8) is 0 Å². The zero-order valence-electron chi connectivity index (χ0n) is 13.4. The van der Waals surface area contributed by atoms with Crippen LogP contribution in [0.3, 0.4) is 0 Å². The molecule has 132 valence electrons. The number of aromatic nitrogens is 1. The summed E-state index contributed by atoms with van der Waals surface area (Å²) in [4.78, 5) is 15.9.